The van der Waals surface area contributed by atoms with Crippen molar-refractivity contribution in [2.75, 3.05) is 19.8 Å². The Morgan fingerprint density at radius 3 is 2.49 bits per heavy atom. The second kappa shape index (κ2) is 16.2. The number of aliphatic hydroxyl groups excluding tert-OH is 1. The van der Waals surface area contributed by atoms with E-state index in [1.807, 2.05) is 57.2 Å². The summed E-state index contributed by atoms with van der Waals surface area (Å²) < 4.78 is 5.82. The van der Waals surface area contributed by atoms with E-state index in [9.17, 15) is 19.5 Å². The van der Waals surface area contributed by atoms with Crippen molar-refractivity contribution < 1.29 is 24.2 Å². The van der Waals surface area contributed by atoms with Crippen molar-refractivity contribution >= 4 is 17.8 Å². The van der Waals surface area contributed by atoms with Crippen LogP contribution in [0.15, 0.2) is 55.6 Å². The fourth-order valence-electron chi connectivity index (χ4n) is 4.96. The summed E-state index contributed by atoms with van der Waals surface area (Å²) in [5.41, 5.74) is 0.699. The molecule has 1 heterocycles. The number of nitrogens with zero attached hydrogens (tertiary/aromatic N) is 1. The molecule has 1 fully saturated rings. The fourth-order valence-corrected chi connectivity index (χ4v) is 4.96. The molecule has 0 radical (unpaired) electrons. The molecule has 1 aliphatic heterocycles. The van der Waals surface area contributed by atoms with E-state index >= 15 is 0 Å². The number of aliphatic hydroxyl groups is 1. The lowest BCUT2D eigenvalue weighted by atomic mass is 9.86. The average Bonchev–Trinajstić information content (AvgIpc) is 3.39. The van der Waals surface area contributed by atoms with E-state index in [1.165, 1.54) is 0 Å². The third-order valence-electron chi connectivity index (χ3n) is 7.52. The lowest BCUT2D eigenvalue weighted by Crippen LogP contribution is -2.50. The van der Waals surface area contributed by atoms with Crippen molar-refractivity contribution in [3.8, 4) is 0 Å². The second-order valence-electron chi connectivity index (χ2n) is 11.7. The van der Waals surface area contributed by atoms with Crippen molar-refractivity contribution in [1.82, 2.24) is 10.2 Å². The second-order valence-corrected chi connectivity index (χ2v) is 11.7. The molecule has 0 saturated carbocycles. The first kappa shape index (κ1) is 32.3. The number of nitrogens with one attached hydrogen (secondary N) is 1. The molecule has 2 amide bonds. The number of ether oxygens (including phenoxy) is 1. The molecule has 1 aromatic rings. The van der Waals surface area contributed by atoms with Crippen molar-refractivity contribution in [3.63, 3.8) is 0 Å². The Morgan fingerprint density at radius 1 is 1.15 bits per heavy atom. The third kappa shape index (κ3) is 10.6. The van der Waals surface area contributed by atoms with Gasteiger partial charge in [0, 0.05) is 13.0 Å². The van der Waals surface area contributed by atoms with E-state index in [-0.39, 0.29) is 54.8 Å². The molecule has 0 spiro atoms. The monoisotopic (exact) mass is 540 g/mol. The standard InChI is InChI=1S/C32H48N2O5/c1-6-8-10-17-26(20-24-15-11-9-12-16-24)31(38)39-23-28(32(3,4)5)33-30(37)25(14-7-2)21-29(36)34-19-13-18-27(34)22-35/h6-7,9,11-12,15-16,25-28,35H,1-2,8,10,13-14,17-23H2,3-5H3,(H,33,37)/t25-,26-,27+,28-/m1/s1. The molecule has 0 unspecified atom stereocenters. The van der Waals surface area contributed by atoms with E-state index in [0.29, 0.717) is 25.8 Å². The predicted molar refractivity (Wildman–Crippen MR) is 155 cm³/mol. The Bertz CT molecular complexity index is 940. The highest BCUT2D eigenvalue weighted by atomic mass is 16.5. The highest BCUT2D eigenvalue weighted by Gasteiger charge is 2.34. The first-order valence-corrected chi connectivity index (χ1v) is 14.2. The number of hydrogen-bond donors (Lipinski definition) is 2. The van der Waals surface area contributed by atoms with Crippen LogP contribution in [-0.4, -0.2) is 59.6 Å². The lowest BCUT2D eigenvalue weighted by Gasteiger charge is -2.33. The molecule has 0 bridgehead atoms. The number of carbonyl (C=O) groups excluding carboxylic acids is 3. The van der Waals surface area contributed by atoms with Crippen LogP contribution in [0.4, 0.5) is 0 Å². The number of carbonyl (C=O) groups is 3. The van der Waals surface area contributed by atoms with E-state index in [4.69, 9.17) is 4.74 Å². The van der Waals surface area contributed by atoms with E-state index < -0.39 is 12.0 Å². The summed E-state index contributed by atoms with van der Waals surface area (Å²) >= 11 is 0. The molecule has 0 aliphatic carbocycles. The summed E-state index contributed by atoms with van der Waals surface area (Å²) in [5.74, 6) is -1.52. The van der Waals surface area contributed by atoms with E-state index in [1.54, 1.807) is 11.0 Å². The maximum atomic E-state index is 13.4. The lowest BCUT2D eigenvalue weighted by molar-refractivity contribution is -0.151. The van der Waals surface area contributed by atoms with Crippen molar-refractivity contribution in [2.45, 2.75) is 84.2 Å². The minimum atomic E-state index is -0.583. The van der Waals surface area contributed by atoms with Crippen LogP contribution in [0.1, 0.15) is 71.3 Å². The summed E-state index contributed by atoms with van der Waals surface area (Å²) in [6.45, 7) is 14.1. The Morgan fingerprint density at radius 2 is 1.87 bits per heavy atom. The number of amides is 2. The van der Waals surface area contributed by atoms with Gasteiger partial charge in [-0.1, -0.05) is 63.3 Å². The van der Waals surface area contributed by atoms with Crippen LogP contribution in [0.2, 0.25) is 0 Å². The number of hydrogen-bond acceptors (Lipinski definition) is 5. The SMILES string of the molecule is C=CCCC[C@H](Cc1ccccc1)C(=O)OC[C@@H](NC(=O)[C@H](CC=C)CC(=O)N1CCC[C@H]1CO)C(C)(C)C. The van der Waals surface area contributed by atoms with Gasteiger partial charge in [-0.15, -0.1) is 13.2 Å². The number of esters is 1. The Kier molecular flexibility index (Phi) is 13.4. The van der Waals surface area contributed by atoms with Crippen LogP contribution in [0.3, 0.4) is 0 Å². The largest absolute Gasteiger partial charge is 0.463 e. The number of benzene rings is 1. The molecule has 216 valence electrons. The van der Waals surface area contributed by atoms with Crippen molar-refractivity contribution in [2.24, 2.45) is 17.3 Å². The van der Waals surface area contributed by atoms with Crippen molar-refractivity contribution in [1.29, 1.82) is 0 Å². The van der Waals surface area contributed by atoms with Gasteiger partial charge >= 0.3 is 5.97 Å². The van der Waals surface area contributed by atoms with E-state index in [2.05, 4.69) is 18.5 Å². The molecule has 7 nitrogen and oxygen atoms in total. The summed E-state index contributed by atoms with van der Waals surface area (Å²) in [4.78, 5) is 41.2. The molecule has 7 heteroatoms. The average molecular weight is 541 g/mol. The molecule has 2 N–H and O–H groups in total. The fraction of sp³-hybridized carbons (Fsp3) is 0.594. The molecule has 1 aliphatic rings. The van der Waals surface area contributed by atoms with Crippen LogP contribution < -0.4 is 5.32 Å². The topological polar surface area (TPSA) is 95.9 Å². The summed E-state index contributed by atoms with van der Waals surface area (Å²) in [6, 6.07) is 9.29. The van der Waals surface area contributed by atoms with Gasteiger partial charge in [-0.3, -0.25) is 14.4 Å². The third-order valence-corrected chi connectivity index (χ3v) is 7.52. The number of likely N-dealkylation sites (tertiary alicyclic amines) is 1. The normalized spacial score (nSPS) is 17.6. The summed E-state index contributed by atoms with van der Waals surface area (Å²) in [7, 11) is 0. The summed E-state index contributed by atoms with van der Waals surface area (Å²) in [5, 5.41) is 12.7. The molecule has 1 saturated heterocycles. The van der Waals surface area contributed by atoms with Gasteiger partial charge in [0.1, 0.15) is 6.61 Å². The van der Waals surface area contributed by atoms with Gasteiger partial charge in [0.05, 0.1) is 30.5 Å². The molecule has 1 aromatic carbocycles. The Balaban J connectivity index is 2.05. The first-order chi connectivity index (χ1) is 18.6. The van der Waals surface area contributed by atoms with Gasteiger partial charge in [-0.05, 0) is 55.9 Å². The zero-order chi connectivity index (χ0) is 28.8. The molecule has 39 heavy (non-hydrogen) atoms. The maximum Gasteiger partial charge on any atom is 0.309 e. The van der Waals surface area contributed by atoms with Gasteiger partial charge in [-0.25, -0.2) is 0 Å². The van der Waals surface area contributed by atoms with Gasteiger partial charge in [0.25, 0.3) is 0 Å². The molecular weight excluding hydrogens is 492 g/mol. The summed E-state index contributed by atoms with van der Waals surface area (Å²) in [6.07, 6.45) is 8.51. The highest BCUT2D eigenvalue weighted by molar-refractivity contribution is 5.86. The zero-order valence-corrected chi connectivity index (χ0v) is 24.1. The van der Waals surface area contributed by atoms with Crippen LogP contribution in [0.5, 0.6) is 0 Å². The number of allylic oxidation sites excluding steroid dienone is 2. The van der Waals surface area contributed by atoms with Crippen molar-refractivity contribution in [3.05, 3.63) is 61.2 Å². The van der Waals surface area contributed by atoms with Crippen LogP contribution >= 0.6 is 0 Å². The highest BCUT2D eigenvalue weighted by Crippen LogP contribution is 2.24. The molecule has 4 atom stereocenters. The zero-order valence-electron chi connectivity index (χ0n) is 24.1. The smallest absolute Gasteiger partial charge is 0.309 e. The quantitative estimate of drug-likeness (QED) is 0.178. The molecular formula is C32H48N2O5. The minimum absolute atomic E-state index is 0.0491. The first-order valence-electron chi connectivity index (χ1n) is 14.2. The van der Waals surface area contributed by atoms with Gasteiger partial charge < -0.3 is 20.1 Å². The Labute approximate surface area is 234 Å². The number of rotatable bonds is 16. The Hall–Kier alpha value is -2.93. The van der Waals surface area contributed by atoms with Gasteiger partial charge in [0.15, 0.2) is 0 Å². The maximum absolute atomic E-state index is 13.4. The predicted octanol–water partition coefficient (Wildman–Crippen LogP) is 4.84. The van der Waals surface area contributed by atoms with Gasteiger partial charge in [0.2, 0.25) is 11.8 Å². The minimum Gasteiger partial charge on any atom is -0.463 e. The van der Waals surface area contributed by atoms with Crippen LogP contribution in [0, 0.1) is 17.3 Å². The van der Waals surface area contributed by atoms with Crippen LogP contribution in [0.25, 0.3) is 0 Å². The molecule has 0 aromatic heterocycles. The number of unbranched alkanes of at least 4 members (excludes halogenated alkanes) is 1. The van der Waals surface area contributed by atoms with Crippen LogP contribution in [-0.2, 0) is 25.5 Å². The van der Waals surface area contributed by atoms with Gasteiger partial charge in [-0.2, -0.15) is 0 Å². The molecule has 2 rings (SSSR count). The van der Waals surface area contributed by atoms with E-state index in [0.717, 1.165) is 31.2 Å².